The molecule has 0 aliphatic rings. The third-order valence-electron chi connectivity index (χ3n) is 5.91. The summed E-state index contributed by atoms with van der Waals surface area (Å²) in [7, 11) is 0. The molecule has 1 atom stereocenters. The SMILES string of the molecule is CCCCCn1c(=O)c2ccccc2n2c(SCC(=O)NC(CCC)c3ccccc3)nnc12. The molecule has 2 aromatic heterocycles. The van der Waals surface area contributed by atoms with Gasteiger partial charge in [0.2, 0.25) is 11.7 Å². The molecule has 1 N–H and O–H groups in total. The number of para-hydroxylation sites is 1. The van der Waals surface area contributed by atoms with Crippen molar-refractivity contribution in [2.24, 2.45) is 0 Å². The molecule has 178 valence electrons. The van der Waals surface area contributed by atoms with Crippen LogP contribution in [0.15, 0.2) is 64.5 Å². The van der Waals surface area contributed by atoms with E-state index in [9.17, 15) is 9.59 Å². The van der Waals surface area contributed by atoms with Gasteiger partial charge in [-0.2, -0.15) is 0 Å². The van der Waals surface area contributed by atoms with Crippen molar-refractivity contribution in [3.63, 3.8) is 0 Å². The number of nitrogens with one attached hydrogen (secondary N) is 1. The van der Waals surface area contributed by atoms with Crippen LogP contribution in [0, 0.1) is 0 Å². The number of hydrogen-bond acceptors (Lipinski definition) is 5. The number of nitrogens with zero attached hydrogens (tertiary/aromatic N) is 4. The van der Waals surface area contributed by atoms with E-state index in [-0.39, 0.29) is 23.3 Å². The van der Waals surface area contributed by atoms with Gasteiger partial charge in [0.15, 0.2) is 5.16 Å². The Balaban J connectivity index is 1.59. The zero-order chi connectivity index (χ0) is 23.9. The lowest BCUT2D eigenvalue weighted by Gasteiger charge is -2.18. The van der Waals surface area contributed by atoms with E-state index in [1.165, 1.54) is 11.8 Å². The highest BCUT2D eigenvalue weighted by Gasteiger charge is 2.19. The van der Waals surface area contributed by atoms with Crippen LogP contribution >= 0.6 is 11.8 Å². The van der Waals surface area contributed by atoms with Gasteiger partial charge < -0.3 is 5.32 Å². The summed E-state index contributed by atoms with van der Waals surface area (Å²) in [5.74, 6) is 0.692. The first-order chi connectivity index (χ1) is 16.6. The molecule has 0 saturated heterocycles. The zero-order valence-electron chi connectivity index (χ0n) is 19.7. The fourth-order valence-corrected chi connectivity index (χ4v) is 4.96. The highest BCUT2D eigenvalue weighted by molar-refractivity contribution is 7.99. The summed E-state index contributed by atoms with van der Waals surface area (Å²) >= 11 is 1.34. The Kier molecular flexibility index (Phi) is 8.00. The van der Waals surface area contributed by atoms with Gasteiger partial charge in [-0.05, 0) is 30.5 Å². The maximum atomic E-state index is 13.1. The van der Waals surface area contributed by atoms with Gasteiger partial charge in [0.1, 0.15) is 0 Å². The lowest BCUT2D eigenvalue weighted by Crippen LogP contribution is -2.30. The van der Waals surface area contributed by atoms with Crippen LogP contribution in [0.5, 0.6) is 0 Å². The Morgan fingerprint density at radius 1 is 1.00 bits per heavy atom. The number of benzene rings is 2. The smallest absolute Gasteiger partial charge is 0.262 e. The number of aromatic nitrogens is 4. The van der Waals surface area contributed by atoms with Crippen molar-refractivity contribution < 1.29 is 4.79 Å². The molecule has 4 rings (SSSR count). The number of amides is 1. The fourth-order valence-electron chi connectivity index (χ4n) is 4.21. The second kappa shape index (κ2) is 11.3. The number of unbranched alkanes of at least 4 members (excludes halogenated alkanes) is 2. The molecule has 0 bridgehead atoms. The molecule has 2 heterocycles. The van der Waals surface area contributed by atoms with Gasteiger partial charge in [-0.1, -0.05) is 87.3 Å². The summed E-state index contributed by atoms with van der Waals surface area (Å²) < 4.78 is 3.61. The van der Waals surface area contributed by atoms with Gasteiger partial charge in [0.05, 0.1) is 22.7 Å². The molecule has 0 fully saturated rings. The number of carbonyl (C=O) groups excluding carboxylic acids is 1. The number of rotatable bonds is 11. The van der Waals surface area contributed by atoms with Crippen molar-refractivity contribution in [2.45, 2.75) is 63.7 Å². The minimum absolute atomic E-state index is 0.0148. The van der Waals surface area contributed by atoms with E-state index in [0.717, 1.165) is 43.2 Å². The van der Waals surface area contributed by atoms with Gasteiger partial charge in [0, 0.05) is 6.54 Å². The molecule has 1 amide bonds. The van der Waals surface area contributed by atoms with Crippen molar-refractivity contribution in [3.8, 4) is 0 Å². The quantitative estimate of drug-likeness (QED) is 0.243. The average Bonchev–Trinajstić information content (AvgIpc) is 3.29. The Labute approximate surface area is 203 Å². The van der Waals surface area contributed by atoms with Crippen LogP contribution < -0.4 is 10.9 Å². The number of aryl methyl sites for hydroxylation is 1. The summed E-state index contributed by atoms with van der Waals surface area (Å²) in [6.45, 7) is 4.85. The number of hydrogen-bond donors (Lipinski definition) is 1. The fraction of sp³-hybridized carbons (Fsp3) is 0.385. The average molecular weight is 478 g/mol. The molecule has 8 heteroatoms. The Morgan fingerprint density at radius 2 is 1.76 bits per heavy atom. The Hall–Kier alpha value is -3.13. The van der Waals surface area contributed by atoms with Gasteiger partial charge in [-0.15, -0.1) is 10.2 Å². The maximum absolute atomic E-state index is 13.1. The summed E-state index contributed by atoms with van der Waals surface area (Å²) in [5, 5.41) is 13.1. The highest BCUT2D eigenvalue weighted by atomic mass is 32.2. The number of carbonyl (C=O) groups is 1. The molecule has 0 aliphatic carbocycles. The number of fused-ring (bicyclic) bond motifs is 3. The van der Waals surface area contributed by atoms with Crippen LogP contribution in [0.2, 0.25) is 0 Å². The summed E-state index contributed by atoms with van der Waals surface area (Å²) in [6.07, 6.45) is 4.87. The molecule has 0 radical (unpaired) electrons. The first-order valence-electron chi connectivity index (χ1n) is 12.0. The van der Waals surface area contributed by atoms with Crippen LogP contribution in [-0.4, -0.2) is 30.8 Å². The molecule has 2 aromatic carbocycles. The van der Waals surface area contributed by atoms with E-state index >= 15 is 0 Å². The predicted molar refractivity (Wildman–Crippen MR) is 137 cm³/mol. The van der Waals surface area contributed by atoms with Crippen molar-refractivity contribution in [1.29, 1.82) is 0 Å². The Morgan fingerprint density at radius 3 is 2.53 bits per heavy atom. The predicted octanol–water partition coefficient (Wildman–Crippen LogP) is 4.98. The highest BCUT2D eigenvalue weighted by Crippen LogP contribution is 2.23. The first kappa shape index (κ1) is 24.0. The van der Waals surface area contributed by atoms with E-state index in [1.807, 2.05) is 59.0 Å². The van der Waals surface area contributed by atoms with E-state index in [2.05, 4.69) is 29.4 Å². The lowest BCUT2D eigenvalue weighted by atomic mass is 10.0. The molecule has 0 aliphatic heterocycles. The molecule has 0 saturated carbocycles. The minimum atomic E-state index is -0.0513. The van der Waals surface area contributed by atoms with Crippen LogP contribution in [-0.2, 0) is 11.3 Å². The van der Waals surface area contributed by atoms with E-state index in [0.29, 0.717) is 22.9 Å². The van der Waals surface area contributed by atoms with Crippen molar-refractivity contribution >= 4 is 34.3 Å². The zero-order valence-corrected chi connectivity index (χ0v) is 20.6. The molecule has 34 heavy (non-hydrogen) atoms. The summed E-state index contributed by atoms with van der Waals surface area (Å²) in [4.78, 5) is 26.0. The molecule has 0 spiro atoms. The van der Waals surface area contributed by atoms with Crippen LogP contribution in [0.3, 0.4) is 0 Å². The molecule has 4 aromatic rings. The summed E-state index contributed by atoms with van der Waals surface area (Å²) in [6, 6.07) is 17.6. The molecule has 7 nitrogen and oxygen atoms in total. The van der Waals surface area contributed by atoms with Crippen LogP contribution in [0.25, 0.3) is 16.7 Å². The third kappa shape index (κ3) is 5.17. The third-order valence-corrected chi connectivity index (χ3v) is 6.84. The van der Waals surface area contributed by atoms with E-state index in [4.69, 9.17) is 0 Å². The van der Waals surface area contributed by atoms with E-state index < -0.39 is 0 Å². The second-order valence-corrected chi connectivity index (χ2v) is 9.35. The lowest BCUT2D eigenvalue weighted by molar-refractivity contribution is -0.119. The molecular formula is C26H31N5O2S. The first-order valence-corrected chi connectivity index (χ1v) is 13.0. The largest absolute Gasteiger partial charge is 0.349 e. The summed E-state index contributed by atoms with van der Waals surface area (Å²) in [5.41, 5.74) is 1.82. The normalized spacial score (nSPS) is 12.3. The molecule has 1 unspecified atom stereocenters. The van der Waals surface area contributed by atoms with Gasteiger partial charge in [0.25, 0.3) is 5.56 Å². The van der Waals surface area contributed by atoms with Gasteiger partial charge in [-0.3, -0.25) is 18.6 Å². The van der Waals surface area contributed by atoms with Gasteiger partial charge in [-0.25, -0.2) is 0 Å². The molecular weight excluding hydrogens is 446 g/mol. The van der Waals surface area contributed by atoms with Crippen molar-refractivity contribution in [1.82, 2.24) is 24.5 Å². The Bertz CT molecular complexity index is 1320. The topological polar surface area (TPSA) is 81.3 Å². The second-order valence-electron chi connectivity index (χ2n) is 8.41. The standard InChI is InChI=1S/C26H31N5O2S/c1-3-5-11-17-30-24(33)20-15-9-10-16-22(20)31-25(30)28-29-26(31)34-18-23(32)27-21(12-4-2)19-13-7-6-8-14-19/h6-10,13-16,21H,3-5,11-12,17-18H2,1-2H3,(H,27,32). The monoisotopic (exact) mass is 477 g/mol. The van der Waals surface area contributed by atoms with E-state index in [1.54, 1.807) is 4.57 Å². The minimum Gasteiger partial charge on any atom is -0.349 e. The van der Waals surface area contributed by atoms with Crippen LogP contribution in [0.4, 0.5) is 0 Å². The van der Waals surface area contributed by atoms with Gasteiger partial charge >= 0.3 is 0 Å². The van der Waals surface area contributed by atoms with Crippen molar-refractivity contribution in [3.05, 3.63) is 70.5 Å². The van der Waals surface area contributed by atoms with Crippen molar-refractivity contribution in [2.75, 3.05) is 5.75 Å². The number of thioether (sulfide) groups is 1. The maximum Gasteiger partial charge on any atom is 0.262 e. The van der Waals surface area contributed by atoms with Crippen LogP contribution in [0.1, 0.15) is 57.6 Å².